The Morgan fingerprint density at radius 2 is 2.12 bits per heavy atom. The molecule has 7 heteroatoms. The lowest BCUT2D eigenvalue weighted by Gasteiger charge is -2.09. The van der Waals surface area contributed by atoms with E-state index in [1.165, 1.54) is 12.3 Å². The lowest BCUT2D eigenvalue weighted by molar-refractivity contribution is 0.153. The lowest BCUT2D eigenvalue weighted by Crippen LogP contribution is -2.16. The van der Waals surface area contributed by atoms with Gasteiger partial charge in [0.05, 0.1) is 12.3 Å². The second kappa shape index (κ2) is 9.13. The van der Waals surface area contributed by atoms with Crippen molar-refractivity contribution >= 4 is 23.4 Å². The Hall–Kier alpha value is -2.47. The number of benzene rings is 1. The fourth-order valence-corrected chi connectivity index (χ4v) is 2.15. The topological polar surface area (TPSA) is 80.4 Å². The van der Waals surface area contributed by atoms with Crippen molar-refractivity contribution in [3.63, 3.8) is 0 Å². The highest BCUT2D eigenvalue weighted by Gasteiger charge is 2.07. The van der Waals surface area contributed by atoms with Crippen LogP contribution in [-0.4, -0.2) is 17.7 Å². The summed E-state index contributed by atoms with van der Waals surface area (Å²) in [6, 6.07) is 8.07. The number of anilines is 1. The first-order valence-electron chi connectivity index (χ1n) is 7.98. The van der Waals surface area contributed by atoms with Gasteiger partial charge in [-0.3, -0.25) is 10.1 Å². The average Bonchev–Trinajstić information content (AvgIpc) is 2.54. The number of H-pyrrole nitrogens is 1. The first kappa shape index (κ1) is 18.9. The van der Waals surface area contributed by atoms with Gasteiger partial charge in [0.25, 0.3) is 0 Å². The number of rotatable bonds is 7. The zero-order chi connectivity index (χ0) is 18.2. The molecule has 0 saturated heterocycles. The summed E-state index contributed by atoms with van der Waals surface area (Å²) >= 11 is 5.84. The molecule has 0 aliphatic heterocycles. The number of carbonyl (C=O) groups excluding carboxylic acids is 1. The van der Waals surface area contributed by atoms with Gasteiger partial charge in [-0.2, -0.15) is 0 Å². The van der Waals surface area contributed by atoms with Crippen molar-refractivity contribution in [1.29, 1.82) is 0 Å². The van der Waals surface area contributed by atoms with Crippen LogP contribution in [0.2, 0.25) is 5.02 Å². The van der Waals surface area contributed by atoms with Gasteiger partial charge in [0.1, 0.15) is 6.61 Å². The molecule has 0 spiro atoms. The molecule has 25 heavy (non-hydrogen) atoms. The minimum Gasteiger partial charge on any atom is -0.488 e. The van der Waals surface area contributed by atoms with E-state index in [1.807, 2.05) is 0 Å². The second-order valence-electron chi connectivity index (χ2n) is 5.93. The van der Waals surface area contributed by atoms with Crippen molar-refractivity contribution in [2.24, 2.45) is 5.92 Å². The SMILES string of the molecule is CC(C)CCOc1c[nH]c(COC(=O)Nc2cccc(Cl)c2)cc1=O. The molecule has 0 radical (unpaired) electrons. The van der Waals surface area contributed by atoms with Gasteiger partial charge in [-0.05, 0) is 30.5 Å². The van der Waals surface area contributed by atoms with E-state index < -0.39 is 6.09 Å². The quantitative estimate of drug-likeness (QED) is 0.771. The summed E-state index contributed by atoms with van der Waals surface area (Å²) in [5.41, 5.74) is 0.749. The van der Waals surface area contributed by atoms with Crippen LogP contribution in [0.5, 0.6) is 5.75 Å². The third-order valence-electron chi connectivity index (χ3n) is 3.32. The number of aromatic nitrogens is 1. The fraction of sp³-hybridized carbons (Fsp3) is 0.333. The van der Waals surface area contributed by atoms with Crippen LogP contribution >= 0.6 is 11.6 Å². The molecule has 1 heterocycles. The molecule has 0 aliphatic rings. The normalized spacial score (nSPS) is 10.6. The fourth-order valence-electron chi connectivity index (χ4n) is 1.96. The smallest absolute Gasteiger partial charge is 0.412 e. The molecule has 6 nitrogen and oxygen atoms in total. The van der Waals surface area contributed by atoms with Gasteiger partial charge in [0.15, 0.2) is 5.75 Å². The summed E-state index contributed by atoms with van der Waals surface area (Å²) in [5.74, 6) is 0.762. The zero-order valence-corrected chi connectivity index (χ0v) is 14.9. The average molecular weight is 365 g/mol. The zero-order valence-electron chi connectivity index (χ0n) is 14.2. The van der Waals surface area contributed by atoms with Crippen molar-refractivity contribution in [2.45, 2.75) is 26.9 Å². The number of hydrogen-bond donors (Lipinski definition) is 2. The molecule has 0 aliphatic carbocycles. The Morgan fingerprint density at radius 1 is 1.32 bits per heavy atom. The van der Waals surface area contributed by atoms with Gasteiger partial charge in [0.2, 0.25) is 5.43 Å². The summed E-state index contributed by atoms with van der Waals surface area (Å²) in [4.78, 5) is 26.6. The predicted molar refractivity (Wildman–Crippen MR) is 97.3 cm³/mol. The van der Waals surface area contributed by atoms with E-state index in [2.05, 4.69) is 24.1 Å². The maximum Gasteiger partial charge on any atom is 0.412 e. The monoisotopic (exact) mass is 364 g/mol. The summed E-state index contributed by atoms with van der Waals surface area (Å²) in [6.07, 6.45) is 1.71. The molecule has 134 valence electrons. The van der Waals surface area contributed by atoms with Gasteiger partial charge < -0.3 is 14.5 Å². The maximum atomic E-state index is 12.0. The number of carbonyl (C=O) groups is 1. The number of halogens is 1. The number of amides is 1. The Bertz CT molecular complexity index is 774. The molecule has 2 rings (SSSR count). The lowest BCUT2D eigenvalue weighted by atomic mass is 10.1. The second-order valence-corrected chi connectivity index (χ2v) is 6.37. The number of pyridine rings is 1. The van der Waals surface area contributed by atoms with Crippen LogP contribution in [0.15, 0.2) is 41.3 Å². The Labute approximate surface area is 151 Å². The van der Waals surface area contributed by atoms with E-state index >= 15 is 0 Å². The van der Waals surface area contributed by atoms with E-state index in [0.717, 1.165) is 6.42 Å². The van der Waals surface area contributed by atoms with Gasteiger partial charge in [-0.1, -0.05) is 31.5 Å². The Kier molecular flexibility index (Phi) is 6.89. The predicted octanol–water partition coefficient (Wildman–Crippen LogP) is 4.20. The maximum absolute atomic E-state index is 12.0. The summed E-state index contributed by atoms with van der Waals surface area (Å²) < 4.78 is 10.5. The molecular weight excluding hydrogens is 344 g/mol. The van der Waals surface area contributed by atoms with Crippen LogP contribution < -0.4 is 15.5 Å². The van der Waals surface area contributed by atoms with Crippen LogP contribution in [0.1, 0.15) is 26.0 Å². The minimum atomic E-state index is -0.639. The van der Waals surface area contributed by atoms with Crippen molar-refractivity contribution in [3.8, 4) is 5.75 Å². The molecule has 0 atom stereocenters. The van der Waals surface area contributed by atoms with Crippen LogP contribution in [0.4, 0.5) is 10.5 Å². The molecule has 0 saturated carbocycles. The molecule has 1 aromatic heterocycles. The van der Waals surface area contributed by atoms with Gasteiger partial charge in [-0.15, -0.1) is 0 Å². The molecule has 1 aromatic carbocycles. The first-order chi connectivity index (χ1) is 11.9. The van der Waals surface area contributed by atoms with E-state index in [0.29, 0.717) is 28.9 Å². The summed E-state index contributed by atoms with van der Waals surface area (Å²) in [6.45, 7) is 4.59. The molecule has 2 aromatic rings. The Balaban J connectivity index is 1.85. The molecule has 1 amide bonds. The van der Waals surface area contributed by atoms with Gasteiger partial charge in [-0.25, -0.2) is 4.79 Å². The van der Waals surface area contributed by atoms with Gasteiger partial charge in [0, 0.05) is 23.0 Å². The minimum absolute atomic E-state index is 0.0616. The van der Waals surface area contributed by atoms with Gasteiger partial charge >= 0.3 is 6.09 Å². The highest BCUT2D eigenvalue weighted by atomic mass is 35.5. The standard InChI is InChI=1S/C18H21ClN2O4/c1-12(2)6-7-24-17-10-20-15(9-16(17)22)11-25-18(23)21-14-5-3-4-13(19)8-14/h3-5,8-10,12H,6-7,11H2,1-2H3,(H,20,22)(H,21,23). The van der Waals surface area contributed by atoms with Crippen LogP contribution in [0.3, 0.4) is 0 Å². The molecular formula is C18H21ClN2O4. The van der Waals surface area contributed by atoms with Crippen molar-refractivity contribution in [2.75, 3.05) is 11.9 Å². The molecule has 0 fully saturated rings. The highest BCUT2D eigenvalue weighted by molar-refractivity contribution is 6.30. The largest absolute Gasteiger partial charge is 0.488 e. The van der Waals surface area contributed by atoms with Crippen LogP contribution in [-0.2, 0) is 11.3 Å². The van der Waals surface area contributed by atoms with Crippen molar-refractivity contribution in [3.05, 3.63) is 57.5 Å². The van der Waals surface area contributed by atoms with Crippen LogP contribution in [0.25, 0.3) is 0 Å². The third-order valence-corrected chi connectivity index (χ3v) is 3.55. The van der Waals surface area contributed by atoms with Crippen molar-refractivity contribution < 1.29 is 14.3 Å². The number of ether oxygens (including phenoxy) is 2. The summed E-state index contributed by atoms with van der Waals surface area (Å²) in [5, 5.41) is 3.06. The number of aromatic amines is 1. The Morgan fingerprint density at radius 3 is 2.80 bits per heavy atom. The van der Waals surface area contributed by atoms with E-state index in [4.69, 9.17) is 21.1 Å². The molecule has 2 N–H and O–H groups in total. The van der Waals surface area contributed by atoms with E-state index in [-0.39, 0.29) is 17.8 Å². The van der Waals surface area contributed by atoms with Crippen molar-refractivity contribution in [1.82, 2.24) is 4.98 Å². The highest BCUT2D eigenvalue weighted by Crippen LogP contribution is 2.15. The van der Waals surface area contributed by atoms with E-state index in [1.54, 1.807) is 24.3 Å². The number of hydrogen-bond acceptors (Lipinski definition) is 4. The van der Waals surface area contributed by atoms with Crippen LogP contribution in [0, 0.1) is 5.92 Å². The molecule has 0 unspecified atom stereocenters. The summed E-state index contributed by atoms with van der Waals surface area (Å²) in [7, 11) is 0. The first-order valence-corrected chi connectivity index (χ1v) is 8.35. The molecule has 0 bridgehead atoms. The number of nitrogens with one attached hydrogen (secondary N) is 2. The third kappa shape index (κ3) is 6.51. The van der Waals surface area contributed by atoms with E-state index in [9.17, 15) is 9.59 Å².